The van der Waals surface area contributed by atoms with Crippen molar-refractivity contribution in [1.82, 2.24) is 4.68 Å². The van der Waals surface area contributed by atoms with Gasteiger partial charge in [-0.25, -0.2) is 4.39 Å². The van der Waals surface area contributed by atoms with Gasteiger partial charge in [0.1, 0.15) is 5.82 Å². The van der Waals surface area contributed by atoms with E-state index in [2.05, 4.69) is 5.43 Å². The van der Waals surface area contributed by atoms with Crippen molar-refractivity contribution in [3.8, 4) is 11.3 Å². The Labute approximate surface area is 164 Å². The molecule has 148 valence electrons. The summed E-state index contributed by atoms with van der Waals surface area (Å²) in [6.45, 7) is 0. The summed E-state index contributed by atoms with van der Waals surface area (Å²) >= 11 is 0. The molecule has 1 aromatic heterocycles. The highest BCUT2D eigenvalue weighted by Gasteiger charge is 2.16. The van der Waals surface area contributed by atoms with Crippen molar-refractivity contribution in [2.24, 2.45) is 0 Å². The number of halogens is 1. The standard InChI is InChI=1S/C20H16FN3O5/c21-15-6-4-13(5-7-15)18-10-8-16(9-11-19(25)26)23(18)22-20(27)14-2-1-3-17(12-14)24(28)29/h1-8,10,12H,9,11H2,(H,22,27)(H,25,26). The Morgan fingerprint density at radius 3 is 2.48 bits per heavy atom. The van der Waals surface area contributed by atoms with Crippen LogP contribution in [0, 0.1) is 15.9 Å². The molecule has 0 aliphatic carbocycles. The van der Waals surface area contributed by atoms with Crippen LogP contribution in [0.15, 0.2) is 60.7 Å². The van der Waals surface area contributed by atoms with E-state index >= 15 is 0 Å². The molecule has 3 aromatic rings. The monoisotopic (exact) mass is 397 g/mol. The predicted octanol–water partition coefficient (Wildman–Crippen LogP) is 3.60. The number of aliphatic carboxylic acids is 1. The van der Waals surface area contributed by atoms with Crippen molar-refractivity contribution in [3.05, 3.63) is 87.9 Å². The summed E-state index contributed by atoms with van der Waals surface area (Å²) in [7, 11) is 0. The van der Waals surface area contributed by atoms with Crippen molar-refractivity contribution in [1.29, 1.82) is 0 Å². The molecular formula is C20H16FN3O5. The lowest BCUT2D eigenvalue weighted by atomic mass is 10.1. The van der Waals surface area contributed by atoms with E-state index in [1.807, 2.05) is 0 Å². The molecule has 0 atom stereocenters. The van der Waals surface area contributed by atoms with Gasteiger partial charge in [0.15, 0.2) is 0 Å². The normalized spacial score (nSPS) is 10.5. The van der Waals surface area contributed by atoms with Crippen LogP contribution in [0.2, 0.25) is 0 Å². The van der Waals surface area contributed by atoms with Gasteiger partial charge in [-0.1, -0.05) is 6.07 Å². The van der Waals surface area contributed by atoms with Gasteiger partial charge in [0.25, 0.3) is 11.6 Å². The number of nitro groups is 1. The van der Waals surface area contributed by atoms with Crippen LogP contribution in [-0.2, 0) is 11.2 Å². The van der Waals surface area contributed by atoms with Gasteiger partial charge in [-0.05, 0) is 42.5 Å². The third kappa shape index (κ3) is 4.64. The molecule has 2 aromatic carbocycles. The van der Waals surface area contributed by atoms with Gasteiger partial charge in [0.05, 0.1) is 17.0 Å². The lowest BCUT2D eigenvalue weighted by molar-refractivity contribution is -0.384. The van der Waals surface area contributed by atoms with Crippen LogP contribution < -0.4 is 5.43 Å². The van der Waals surface area contributed by atoms with E-state index in [9.17, 15) is 24.1 Å². The third-order valence-corrected chi connectivity index (χ3v) is 4.23. The fourth-order valence-electron chi connectivity index (χ4n) is 2.81. The zero-order chi connectivity index (χ0) is 21.0. The van der Waals surface area contributed by atoms with Gasteiger partial charge in [0, 0.05) is 35.4 Å². The number of hydrogen-bond donors (Lipinski definition) is 2. The molecule has 1 amide bonds. The summed E-state index contributed by atoms with van der Waals surface area (Å²) in [4.78, 5) is 34.0. The number of amides is 1. The number of benzene rings is 2. The lowest BCUT2D eigenvalue weighted by Gasteiger charge is -2.15. The molecule has 2 N–H and O–H groups in total. The zero-order valence-corrected chi connectivity index (χ0v) is 15.0. The van der Waals surface area contributed by atoms with Crippen molar-refractivity contribution in [2.75, 3.05) is 5.43 Å². The van der Waals surface area contributed by atoms with Crippen molar-refractivity contribution in [3.63, 3.8) is 0 Å². The second-order valence-electron chi connectivity index (χ2n) is 6.19. The maximum Gasteiger partial charge on any atom is 0.303 e. The Balaban J connectivity index is 1.96. The Bertz CT molecular complexity index is 1080. The molecule has 0 unspecified atom stereocenters. The quantitative estimate of drug-likeness (QED) is 0.467. The van der Waals surface area contributed by atoms with E-state index in [1.54, 1.807) is 12.1 Å². The summed E-state index contributed by atoms with van der Waals surface area (Å²) < 4.78 is 14.7. The van der Waals surface area contributed by atoms with E-state index in [1.165, 1.54) is 47.1 Å². The first kappa shape index (κ1) is 19.7. The van der Waals surface area contributed by atoms with E-state index in [0.717, 1.165) is 6.07 Å². The third-order valence-electron chi connectivity index (χ3n) is 4.23. The fourth-order valence-corrected chi connectivity index (χ4v) is 2.81. The van der Waals surface area contributed by atoms with E-state index in [0.29, 0.717) is 17.0 Å². The van der Waals surface area contributed by atoms with Gasteiger partial charge in [-0.2, -0.15) is 0 Å². The van der Waals surface area contributed by atoms with E-state index in [-0.39, 0.29) is 24.1 Å². The van der Waals surface area contributed by atoms with Crippen LogP contribution >= 0.6 is 0 Å². The Kier molecular flexibility index (Phi) is 5.68. The van der Waals surface area contributed by atoms with E-state index in [4.69, 9.17) is 5.11 Å². The second-order valence-corrected chi connectivity index (χ2v) is 6.19. The topological polar surface area (TPSA) is 114 Å². The highest BCUT2D eigenvalue weighted by atomic mass is 19.1. The number of carboxylic acids is 1. The Hall–Kier alpha value is -4.01. The molecule has 8 nitrogen and oxygen atoms in total. The number of aryl methyl sites for hydroxylation is 1. The number of rotatable bonds is 7. The number of hydrogen-bond acceptors (Lipinski definition) is 4. The van der Waals surface area contributed by atoms with Crippen LogP contribution in [0.3, 0.4) is 0 Å². The molecule has 0 saturated heterocycles. The summed E-state index contributed by atoms with van der Waals surface area (Å²) in [6.07, 6.45) is -0.00864. The maximum atomic E-state index is 13.3. The summed E-state index contributed by atoms with van der Waals surface area (Å²) in [5.41, 5.74) is 4.13. The molecule has 0 fully saturated rings. The molecular weight excluding hydrogens is 381 g/mol. The molecule has 0 bridgehead atoms. The molecule has 0 radical (unpaired) electrons. The molecule has 0 spiro atoms. The average molecular weight is 397 g/mol. The maximum absolute atomic E-state index is 13.3. The minimum Gasteiger partial charge on any atom is -0.481 e. The van der Waals surface area contributed by atoms with Crippen LogP contribution in [0.1, 0.15) is 22.5 Å². The van der Waals surface area contributed by atoms with Gasteiger partial charge in [0.2, 0.25) is 0 Å². The smallest absolute Gasteiger partial charge is 0.303 e. The molecule has 29 heavy (non-hydrogen) atoms. The van der Waals surface area contributed by atoms with Crippen LogP contribution in [0.25, 0.3) is 11.3 Å². The number of aromatic nitrogens is 1. The number of carbonyl (C=O) groups excluding carboxylic acids is 1. The summed E-state index contributed by atoms with van der Waals surface area (Å²) in [5.74, 6) is -2.02. The highest BCUT2D eigenvalue weighted by molar-refractivity contribution is 6.00. The Morgan fingerprint density at radius 2 is 1.83 bits per heavy atom. The van der Waals surface area contributed by atoms with Gasteiger partial charge in [-0.15, -0.1) is 0 Å². The van der Waals surface area contributed by atoms with Crippen LogP contribution in [0.5, 0.6) is 0 Å². The molecule has 0 aliphatic rings. The first-order valence-electron chi connectivity index (χ1n) is 8.59. The van der Waals surface area contributed by atoms with Crippen molar-refractivity contribution < 1.29 is 24.0 Å². The fraction of sp³-hybridized carbons (Fsp3) is 0.100. The number of nitrogens with zero attached hydrogens (tertiary/aromatic N) is 2. The predicted molar refractivity (Wildman–Crippen MR) is 103 cm³/mol. The zero-order valence-electron chi connectivity index (χ0n) is 15.0. The second kappa shape index (κ2) is 8.34. The number of nitrogens with one attached hydrogen (secondary N) is 1. The number of non-ortho nitro benzene ring substituents is 1. The van der Waals surface area contributed by atoms with Crippen molar-refractivity contribution in [2.45, 2.75) is 12.8 Å². The van der Waals surface area contributed by atoms with Crippen LogP contribution in [0.4, 0.5) is 10.1 Å². The molecule has 0 saturated carbocycles. The molecule has 3 rings (SSSR count). The summed E-state index contributed by atoms with van der Waals surface area (Å²) in [5, 5.41) is 19.9. The minimum atomic E-state index is -0.994. The average Bonchev–Trinajstić information content (AvgIpc) is 3.09. The molecule has 0 aliphatic heterocycles. The SMILES string of the molecule is O=C(O)CCc1ccc(-c2ccc(F)cc2)n1NC(=O)c1cccc([N+](=O)[O-])c1. The van der Waals surface area contributed by atoms with Crippen LogP contribution in [-0.4, -0.2) is 26.6 Å². The number of carbonyl (C=O) groups is 2. The minimum absolute atomic E-state index is 0.0714. The first-order chi connectivity index (χ1) is 13.8. The number of nitro benzene ring substituents is 1. The van der Waals surface area contributed by atoms with Gasteiger partial charge >= 0.3 is 5.97 Å². The number of carboxylic acid groups (broad SMARTS) is 1. The first-order valence-corrected chi connectivity index (χ1v) is 8.59. The largest absolute Gasteiger partial charge is 0.481 e. The molecule has 9 heteroatoms. The highest BCUT2D eigenvalue weighted by Crippen LogP contribution is 2.23. The van der Waals surface area contributed by atoms with Crippen molar-refractivity contribution >= 4 is 17.6 Å². The lowest BCUT2D eigenvalue weighted by Crippen LogP contribution is -2.25. The Morgan fingerprint density at radius 1 is 1.10 bits per heavy atom. The van der Waals surface area contributed by atoms with Gasteiger partial charge < -0.3 is 5.11 Å². The van der Waals surface area contributed by atoms with Gasteiger partial charge in [-0.3, -0.25) is 29.8 Å². The van der Waals surface area contributed by atoms with E-state index < -0.39 is 22.6 Å². The summed E-state index contributed by atoms with van der Waals surface area (Å²) in [6, 6.07) is 14.2. The molecule has 1 heterocycles.